The van der Waals surface area contributed by atoms with Gasteiger partial charge in [0.1, 0.15) is 12.1 Å². The summed E-state index contributed by atoms with van der Waals surface area (Å²) >= 11 is 0. The molecular formula is C14H19N3O3S. The van der Waals surface area contributed by atoms with E-state index >= 15 is 0 Å². The molecule has 0 radical (unpaired) electrons. The summed E-state index contributed by atoms with van der Waals surface area (Å²) in [6, 6.07) is 4.74. The minimum Gasteiger partial charge on any atom is -0.391 e. The number of aliphatic hydroxyl groups excluding tert-OH is 1. The summed E-state index contributed by atoms with van der Waals surface area (Å²) in [5, 5.41) is 13.4. The molecule has 0 saturated carbocycles. The van der Waals surface area contributed by atoms with Gasteiger partial charge in [0, 0.05) is 18.2 Å². The summed E-state index contributed by atoms with van der Waals surface area (Å²) in [5.41, 5.74) is 0.657. The van der Waals surface area contributed by atoms with E-state index in [0.29, 0.717) is 29.7 Å². The van der Waals surface area contributed by atoms with Gasteiger partial charge in [-0.05, 0) is 24.6 Å². The largest absolute Gasteiger partial charge is 0.391 e. The SMILES string of the molecule is CCCC(O)CNc1ncnc2ccc(S(C)(=O)=O)cc12. The van der Waals surface area contributed by atoms with Crippen molar-refractivity contribution >= 4 is 26.6 Å². The molecule has 1 heterocycles. The number of nitrogens with one attached hydrogen (secondary N) is 1. The van der Waals surface area contributed by atoms with E-state index in [0.717, 1.165) is 12.7 Å². The van der Waals surface area contributed by atoms with Crippen molar-refractivity contribution in [2.45, 2.75) is 30.8 Å². The Morgan fingerprint density at radius 1 is 1.33 bits per heavy atom. The summed E-state index contributed by atoms with van der Waals surface area (Å²) in [7, 11) is -3.28. The fourth-order valence-electron chi connectivity index (χ4n) is 2.06. The molecule has 0 aliphatic heterocycles. The molecule has 0 aliphatic rings. The maximum absolute atomic E-state index is 11.6. The lowest BCUT2D eigenvalue weighted by Crippen LogP contribution is -2.19. The fraction of sp³-hybridized carbons (Fsp3) is 0.429. The molecule has 0 saturated heterocycles. The van der Waals surface area contributed by atoms with Crippen molar-refractivity contribution < 1.29 is 13.5 Å². The van der Waals surface area contributed by atoms with E-state index in [2.05, 4.69) is 15.3 Å². The zero-order valence-corrected chi connectivity index (χ0v) is 12.9. The van der Waals surface area contributed by atoms with Gasteiger partial charge in [-0.1, -0.05) is 13.3 Å². The Kier molecular flexibility index (Phi) is 4.74. The van der Waals surface area contributed by atoms with Gasteiger partial charge < -0.3 is 10.4 Å². The second kappa shape index (κ2) is 6.36. The Morgan fingerprint density at radius 2 is 2.10 bits per heavy atom. The van der Waals surface area contributed by atoms with Gasteiger partial charge in [-0.15, -0.1) is 0 Å². The molecule has 0 fully saturated rings. The first kappa shape index (κ1) is 15.7. The van der Waals surface area contributed by atoms with Crippen molar-refractivity contribution in [2.75, 3.05) is 18.1 Å². The number of nitrogens with zero attached hydrogens (tertiary/aromatic N) is 2. The molecule has 1 aromatic heterocycles. The zero-order valence-electron chi connectivity index (χ0n) is 12.1. The van der Waals surface area contributed by atoms with E-state index in [1.807, 2.05) is 6.92 Å². The summed E-state index contributed by atoms with van der Waals surface area (Å²) in [5.74, 6) is 0.528. The molecule has 21 heavy (non-hydrogen) atoms. The lowest BCUT2D eigenvalue weighted by molar-refractivity contribution is 0.176. The lowest BCUT2D eigenvalue weighted by Gasteiger charge is -2.12. The fourth-order valence-corrected chi connectivity index (χ4v) is 2.70. The minimum atomic E-state index is -3.28. The summed E-state index contributed by atoms with van der Waals surface area (Å²) < 4.78 is 23.3. The van der Waals surface area contributed by atoms with E-state index in [9.17, 15) is 13.5 Å². The first-order valence-corrected chi connectivity index (χ1v) is 8.67. The van der Waals surface area contributed by atoms with Crippen LogP contribution in [0.3, 0.4) is 0 Å². The Balaban J connectivity index is 2.35. The van der Waals surface area contributed by atoms with Gasteiger partial charge in [0.05, 0.1) is 16.5 Å². The van der Waals surface area contributed by atoms with E-state index in [1.165, 1.54) is 12.4 Å². The molecule has 114 valence electrons. The molecule has 1 aromatic carbocycles. The van der Waals surface area contributed by atoms with Crippen LogP contribution in [0.5, 0.6) is 0 Å². The summed E-state index contributed by atoms with van der Waals surface area (Å²) in [6.07, 6.45) is 3.71. The topological polar surface area (TPSA) is 92.2 Å². The highest BCUT2D eigenvalue weighted by Crippen LogP contribution is 2.23. The van der Waals surface area contributed by atoms with Gasteiger partial charge in [-0.25, -0.2) is 18.4 Å². The van der Waals surface area contributed by atoms with Crippen molar-refractivity contribution in [2.24, 2.45) is 0 Å². The van der Waals surface area contributed by atoms with E-state index in [4.69, 9.17) is 0 Å². The molecule has 0 bridgehead atoms. The van der Waals surface area contributed by atoms with Crippen molar-refractivity contribution in [3.63, 3.8) is 0 Å². The Labute approximate surface area is 124 Å². The number of rotatable bonds is 6. The number of aromatic nitrogens is 2. The molecule has 0 aliphatic carbocycles. The van der Waals surface area contributed by atoms with Crippen molar-refractivity contribution in [3.8, 4) is 0 Å². The summed E-state index contributed by atoms with van der Waals surface area (Å²) in [4.78, 5) is 8.48. The molecule has 1 atom stereocenters. The van der Waals surface area contributed by atoms with Crippen LogP contribution in [0.1, 0.15) is 19.8 Å². The number of fused-ring (bicyclic) bond motifs is 1. The molecule has 7 heteroatoms. The third kappa shape index (κ3) is 3.89. The van der Waals surface area contributed by atoms with Gasteiger partial charge in [0.25, 0.3) is 0 Å². The third-order valence-corrected chi connectivity index (χ3v) is 4.27. The van der Waals surface area contributed by atoms with E-state index in [1.54, 1.807) is 12.1 Å². The highest BCUT2D eigenvalue weighted by atomic mass is 32.2. The number of hydrogen-bond donors (Lipinski definition) is 2. The van der Waals surface area contributed by atoms with Crippen LogP contribution in [0.25, 0.3) is 10.9 Å². The first-order chi connectivity index (χ1) is 9.91. The maximum Gasteiger partial charge on any atom is 0.175 e. The Morgan fingerprint density at radius 3 is 2.76 bits per heavy atom. The smallest absolute Gasteiger partial charge is 0.175 e. The van der Waals surface area contributed by atoms with Crippen LogP contribution in [-0.4, -0.2) is 42.4 Å². The average molecular weight is 309 g/mol. The van der Waals surface area contributed by atoms with E-state index < -0.39 is 15.9 Å². The number of benzene rings is 1. The second-order valence-corrected chi connectivity index (χ2v) is 7.01. The molecule has 1 unspecified atom stereocenters. The van der Waals surface area contributed by atoms with Gasteiger partial charge >= 0.3 is 0 Å². The molecule has 6 nitrogen and oxygen atoms in total. The number of aliphatic hydroxyl groups is 1. The predicted octanol–water partition coefficient (Wildman–Crippen LogP) is 1.61. The monoisotopic (exact) mass is 309 g/mol. The Bertz CT molecular complexity index is 731. The van der Waals surface area contributed by atoms with Crippen LogP contribution in [0.2, 0.25) is 0 Å². The first-order valence-electron chi connectivity index (χ1n) is 6.78. The van der Waals surface area contributed by atoms with Crippen molar-refractivity contribution in [1.82, 2.24) is 9.97 Å². The minimum absolute atomic E-state index is 0.224. The number of anilines is 1. The normalized spacial score (nSPS) is 13.3. The average Bonchev–Trinajstić information content (AvgIpc) is 2.44. The van der Waals surface area contributed by atoms with Gasteiger partial charge in [0.2, 0.25) is 0 Å². The highest BCUT2D eigenvalue weighted by Gasteiger charge is 2.11. The highest BCUT2D eigenvalue weighted by molar-refractivity contribution is 7.90. The molecule has 2 rings (SSSR count). The molecular weight excluding hydrogens is 290 g/mol. The molecule has 0 spiro atoms. The quantitative estimate of drug-likeness (QED) is 0.842. The molecule has 2 N–H and O–H groups in total. The second-order valence-electron chi connectivity index (χ2n) is 5.00. The van der Waals surface area contributed by atoms with Crippen molar-refractivity contribution in [1.29, 1.82) is 0 Å². The van der Waals surface area contributed by atoms with Crippen molar-refractivity contribution in [3.05, 3.63) is 24.5 Å². The number of sulfone groups is 1. The molecule has 2 aromatic rings. The van der Waals surface area contributed by atoms with Crippen LogP contribution in [-0.2, 0) is 9.84 Å². The third-order valence-electron chi connectivity index (χ3n) is 3.16. The number of hydrogen-bond acceptors (Lipinski definition) is 6. The summed E-state index contributed by atoms with van der Waals surface area (Å²) in [6.45, 7) is 2.37. The lowest BCUT2D eigenvalue weighted by atomic mass is 10.2. The zero-order chi connectivity index (χ0) is 15.5. The standard InChI is InChI=1S/C14H19N3O3S/c1-3-4-10(18)8-15-14-12-7-11(21(2,19)20)5-6-13(12)16-9-17-14/h5-7,9-10,18H,3-4,8H2,1-2H3,(H,15,16,17). The van der Waals surface area contributed by atoms with E-state index in [-0.39, 0.29) is 4.90 Å². The predicted molar refractivity (Wildman–Crippen MR) is 82.1 cm³/mol. The molecule has 0 amide bonds. The van der Waals surface area contributed by atoms with Gasteiger partial charge in [-0.3, -0.25) is 0 Å². The van der Waals surface area contributed by atoms with Gasteiger partial charge in [0.15, 0.2) is 9.84 Å². The van der Waals surface area contributed by atoms with Gasteiger partial charge in [-0.2, -0.15) is 0 Å². The van der Waals surface area contributed by atoms with Crippen LogP contribution < -0.4 is 5.32 Å². The van der Waals surface area contributed by atoms with Crippen LogP contribution in [0.15, 0.2) is 29.4 Å². The Hall–Kier alpha value is -1.73. The van der Waals surface area contributed by atoms with Crippen LogP contribution in [0, 0.1) is 0 Å². The van der Waals surface area contributed by atoms with Crippen LogP contribution in [0.4, 0.5) is 5.82 Å². The van der Waals surface area contributed by atoms with Crippen LogP contribution >= 0.6 is 0 Å². The maximum atomic E-state index is 11.6.